The molecule has 0 spiro atoms. The van der Waals surface area contributed by atoms with Gasteiger partial charge in [0.1, 0.15) is 18.0 Å². The zero-order valence-electron chi connectivity index (χ0n) is 15.7. The predicted molar refractivity (Wildman–Crippen MR) is 109 cm³/mol. The van der Waals surface area contributed by atoms with Crippen molar-refractivity contribution in [3.8, 4) is 17.2 Å². The molecule has 8 nitrogen and oxygen atoms in total. The molecule has 1 aromatic heterocycles. The van der Waals surface area contributed by atoms with Crippen LogP contribution in [0.4, 0.5) is 5.69 Å². The smallest absolute Gasteiger partial charge is 0.320 e. The Bertz CT molecular complexity index is 1170. The monoisotopic (exact) mass is 415 g/mol. The van der Waals surface area contributed by atoms with Gasteiger partial charge in [0.25, 0.3) is 0 Å². The number of ether oxygens (including phenoxy) is 2. The highest BCUT2D eigenvalue weighted by molar-refractivity contribution is 6.30. The molecule has 0 aliphatic heterocycles. The predicted octanol–water partition coefficient (Wildman–Crippen LogP) is 2.31. The zero-order valence-corrected chi connectivity index (χ0v) is 16.5. The summed E-state index contributed by atoms with van der Waals surface area (Å²) >= 11 is 5.94. The highest BCUT2D eigenvalue weighted by atomic mass is 35.5. The third-order valence-corrected chi connectivity index (χ3v) is 4.38. The van der Waals surface area contributed by atoms with Gasteiger partial charge in [0.15, 0.2) is 0 Å². The highest BCUT2D eigenvalue weighted by Gasteiger charge is 2.13. The Morgan fingerprint density at radius 3 is 2.52 bits per heavy atom. The number of hydrogen-bond acceptors (Lipinski definition) is 5. The van der Waals surface area contributed by atoms with Crippen LogP contribution in [0.2, 0.25) is 5.02 Å². The number of nitrogens with zero attached hydrogens (tertiary/aromatic N) is 2. The minimum absolute atomic E-state index is 0.334. The molecule has 1 heterocycles. The fraction of sp³-hybridized carbons (Fsp3) is 0.150. The van der Waals surface area contributed by atoms with E-state index in [1.54, 1.807) is 42.5 Å². The molecule has 2 aromatic carbocycles. The Morgan fingerprint density at radius 2 is 1.83 bits per heavy atom. The van der Waals surface area contributed by atoms with E-state index in [1.807, 2.05) is 0 Å². The minimum Gasteiger partial charge on any atom is -0.497 e. The number of carbonyl (C=O) groups excluding carboxylic acids is 1. The van der Waals surface area contributed by atoms with Crippen LogP contribution in [0.3, 0.4) is 0 Å². The van der Waals surface area contributed by atoms with Gasteiger partial charge in [-0.1, -0.05) is 17.7 Å². The lowest BCUT2D eigenvalue weighted by Crippen LogP contribution is -2.41. The first-order valence-electron chi connectivity index (χ1n) is 8.53. The SMILES string of the molecule is COc1ccc(NC(=O)Cn2ccn(-c3cccc(Cl)c3)c(=O)c2=O)c(OC)c1. The van der Waals surface area contributed by atoms with Gasteiger partial charge in [-0.15, -0.1) is 0 Å². The minimum atomic E-state index is -0.829. The summed E-state index contributed by atoms with van der Waals surface area (Å²) < 4.78 is 12.6. The summed E-state index contributed by atoms with van der Waals surface area (Å²) in [5.74, 6) is 0.484. The summed E-state index contributed by atoms with van der Waals surface area (Å²) in [6.07, 6.45) is 2.78. The van der Waals surface area contributed by atoms with Gasteiger partial charge in [-0.25, -0.2) is 0 Å². The van der Waals surface area contributed by atoms with Crippen LogP contribution in [0.1, 0.15) is 0 Å². The molecule has 0 atom stereocenters. The maximum absolute atomic E-state index is 12.4. The molecule has 0 saturated carbocycles. The molecule has 0 unspecified atom stereocenters. The lowest BCUT2D eigenvalue weighted by molar-refractivity contribution is -0.116. The largest absolute Gasteiger partial charge is 0.497 e. The van der Waals surface area contributed by atoms with E-state index >= 15 is 0 Å². The molecule has 3 rings (SSSR count). The molecule has 0 fully saturated rings. The summed E-state index contributed by atoms with van der Waals surface area (Å²) in [5.41, 5.74) is -0.744. The molecule has 0 aliphatic carbocycles. The lowest BCUT2D eigenvalue weighted by atomic mass is 10.2. The fourth-order valence-electron chi connectivity index (χ4n) is 2.71. The number of methoxy groups -OCH3 is 2. The maximum atomic E-state index is 12.4. The number of anilines is 1. The van der Waals surface area contributed by atoms with Crippen LogP contribution in [0.15, 0.2) is 64.4 Å². The molecule has 0 aliphatic rings. The molecule has 3 aromatic rings. The van der Waals surface area contributed by atoms with Gasteiger partial charge < -0.3 is 14.8 Å². The van der Waals surface area contributed by atoms with Crippen LogP contribution in [-0.2, 0) is 11.3 Å². The molecule has 150 valence electrons. The van der Waals surface area contributed by atoms with Crippen LogP contribution in [0.25, 0.3) is 5.69 Å². The fourth-order valence-corrected chi connectivity index (χ4v) is 2.89. The molecule has 9 heteroatoms. The van der Waals surface area contributed by atoms with E-state index in [4.69, 9.17) is 21.1 Å². The van der Waals surface area contributed by atoms with E-state index < -0.39 is 17.0 Å². The molecule has 0 bridgehead atoms. The summed E-state index contributed by atoms with van der Waals surface area (Å²) in [7, 11) is 2.98. The Balaban J connectivity index is 1.82. The quantitative estimate of drug-likeness (QED) is 0.624. The van der Waals surface area contributed by atoms with Gasteiger partial charge in [-0.2, -0.15) is 0 Å². The molecular weight excluding hydrogens is 398 g/mol. The van der Waals surface area contributed by atoms with Crippen molar-refractivity contribution in [3.05, 3.63) is 80.6 Å². The summed E-state index contributed by atoms with van der Waals surface area (Å²) in [6.45, 7) is -0.334. The highest BCUT2D eigenvalue weighted by Crippen LogP contribution is 2.28. The molecule has 0 radical (unpaired) electrons. The number of aromatic nitrogens is 2. The Hall–Kier alpha value is -3.52. The van der Waals surface area contributed by atoms with Gasteiger partial charge in [-0.05, 0) is 30.3 Å². The van der Waals surface area contributed by atoms with E-state index in [0.29, 0.717) is 27.9 Å². The second-order valence-corrected chi connectivity index (χ2v) is 6.44. The van der Waals surface area contributed by atoms with Crippen molar-refractivity contribution in [1.29, 1.82) is 0 Å². The first-order chi connectivity index (χ1) is 13.9. The molecular formula is C20H18ClN3O5. The third kappa shape index (κ3) is 4.49. The number of nitrogens with one attached hydrogen (secondary N) is 1. The summed E-state index contributed by atoms with van der Waals surface area (Å²) in [5, 5.41) is 3.09. The van der Waals surface area contributed by atoms with Crippen molar-refractivity contribution in [1.82, 2.24) is 9.13 Å². The van der Waals surface area contributed by atoms with Crippen LogP contribution in [0, 0.1) is 0 Å². The Morgan fingerprint density at radius 1 is 1.03 bits per heavy atom. The molecule has 29 heavy (non-hydrogen) atoms. The van der Waals surface area contributed by atoms with Crippen molar-refractivity contribution in [2.75, 3.05) is 19.5 Å². The second kappa shape index (κ2) is 8.66. The number of benzene rings is 2. The van der Waals surface area contributed by atoms with E-state index in [9.17, 15) is 14.4 Å². The van der Waals surface area contributed by atoms with Crippen LogP contribution in [0.5, 0.6) is 11.5 Å². The molecule has 0 saturated heterocycles. The first-order valence-corrected chi connectivity index (χ1v) is 8.90. The van der Waals surface area contributed by atoms with Gasteiger partial charge in [0.2, 0.25) is 5.91 Å². The average Bonchev–Trinajstić information content (AvgIpc) is 2.71. The van der Waals surface area contributed by atoms with Crippen molar-refractivity contribution in [3.63, 3.8) is 0 Å². The first kappa shape index (κ1) is 20.2. The Kier molecular flexibility index (Phi) is 6.04. The van der Waals surface area contributed by atoms with Crippen LogP contribution >= 0.6 is 11.6 Å². The Labute approximate surface area is 170 Å². The number of hydrogen-bond donors (Lipinski definition) is 1. The standard InChI is InChI=1S/C20H18ClN3O5/c1-28-15-6-7-16(17(11-15)29-2)22-18(25)12-23-8-9-24(20(27)19(23)26)14-5-3-4-13(21)10-14/h3-11H,12H2,1-2H3,(H,22,25). The number of rotatable bonds is 6. The summed E-state index contributed by atoms with van der Waals surface area (Å²) in [6, 6.07) is 11.5. The third-order valence-electron chi connectivity index (χ3n) is 4.14. The van der Waals surface area contributed by atoms with Crippen molar-refractivity contribution >= 4 is 23.2 Å². The topological polar surface area (TPSA) is 91.6 Å². The number of carbonyl (C=O) groups is 1. The lowest BCUT2D eigenvalue weighted by Gasteiger charge is -2.13. The zero-order chi connectivity index (χ0) is 21.0. The van der Waals surface area contributed by atoms with Gasteiger partial charge in [-0.3, -0.25) is 23.5 Å². The number of halogens is 1. The molecule has 1 amide bonds. The van der Waals surface area contributed by atoms with Crippen molar-refractivity contribution in [2.45, 2.75) is 6.54 Å². The van der Waals surface area contributed by atoms with E-state index in [1.165, 1.54) is 31.2 Å². The second-order valence-electron chi connectivity index (χ2n) is 6.00. The van der Waals surface area contributed by atoms with Crippen LogP contribution < -0.4 is 25.9 Å². The summed E-state index contributed by atoms with van der Waals surface area (Å²) in [4.78, 5) is 37.2. The maximum Gasteiger partial charge on any atom is 0.320 e. The number of amides is 1. The van der Waals surface area contributed by atoms with Crippen molar-refractivity contribution in [2.24, 2.45) is 0 Å². The van der Waals surface area contributed by atoms with E-state index in [2.05, 4.69) is 5.32 Å². The van der Waals surface area contributed by atoms with Crippen LogP contribution in [-0.4, -0.2) is 29.3 Å². The molecule has 1 N–H and O–H groups in total. The average molecular weight is 416 g/mol. The van der Waals surface area contributed by atoms with Gasteiger partial charge in [0, 0.05) is 23.5 Å². The van der Waals surface area contributed by atoms with E-state index in [-0.39, 0.29) is 6.54 Å². The van der Waals surface area contributed by atoms with Crippen molar-refractivity contribution < 1.29 is 14.3 Å². The van der Waals surface area contributed by atoms with Gasteiger partial charge in [0.05, 0.1) is 25.6 Å². The van der Waals surface area contributed by atoms with E-state index in [0.717, 1.165) is 4.57 Å². The van der Waals surface area contributed by atoms with Gasteiger partial charge >= 0.3 is 11.1 Å². The normalized spacial score (nSPS) is 10.4.